The first-order valence-electron chi connectivity index (χ1n) is 6.14. The van der Waals surface area contributed by atoms with Crippen LogP contribution in [0.2, 0.25) is 0 Å². The highest BCUT2D eigenvalue weighted by Gasteiger charge is 2.20. The van der Waals surface area contributed by atoms with Crippen LogP contribution in [-0.2, 0) is 0 Å². The Morgan fingerprint density at radius 2 is 2.35 bits per heavy atom. The number of rotatable bonds is 3. The minimum absolute atomic E-state index is 0.237. The number of carbonyl (C=O) groups is 1. The van der Waals surface area contributed by atoms with E-state index in [0.29, 0.717) is 6.54 Å². The Morgan fingerprint density at radius 3 is 2.94 bits per heavy atom. The molecule has 4 heteroatoms. The van der Waals surface area contributed by atoms with Gasteiger partial charge in [-0.05, 0) is 39.3 Å². The van der Waals surface area contributed by atoms with Crippen molar-refractivity contribution in [2.75, 3.05) is 19.6 Å². The summed E-state index contributed by atoms with van der Waals surface area (Å²) in [6.45, 7) is 6.44. The molecule has 1 unspecified atom stereocenters. The number of likely N-dealkylation sites (tertiary alicyclic amines) is 1. The summed E-state index contributed by atoms with van der Waals surface area (Å²) in [6.07, 6.45) is 2.19. The molecule has 1 aromatic rings. The van der Waals surface area contributed by atoms with Crippen LogP contribution < -0.4 is 5.73 Å². The molecule has 1 saturated heterocycles. The Bertz CT molecular complexity index is 414. The third-order valence-corrected chi connectivity index (χ3v) is 4.22. The topological polar surface area (TPSA) is 46.3 Å². The molecule has 94 valence electrons. The van der Waals surface area contributed by atoms with Crippen molar-refractivity contribution in [1.82, 2.24) is 4.90 Å². The van der Waals surface area contributed by atoms with Crippen LogP contribution in [-0.4, -0.2) is 36.4 Å². The van der Waals surface area contributed by atoms with Gasteiger partial charge in [0.2, 0.25) is 0 Å². The number of ketones is 1. The van der Waals surface area contributed by atoms with Gasteiger partial charge in [0.05, 0.1) is 6.54 Å². The van der Waals surface area contributed by atoms with Gasteiger partial charge in [0.15, 0.2) is 5.78 Å². The number of hydrogen-bond donors (Lipinski definition) is 1. The third-order valence-electron chi connectivity index (χ3n) is 3.25. The van der Waals surface area contributed by atoms with E-state index in [-0.39, 0.29) is 11.8 Å². The van der Waals surface area contributed by atoms with Crippen molar-refractivity contribution in [3.05, 3.63) is 21.4 Å². The van der Waals surface area contributed by atoms with Gasteiger partial charge in [-0.25, -0.2) is 0 Å². The number of nitrogens with zero attached hydrogens (tertiary/aromatic N) is 1. The molecule has 2 N–H and O–H groups in total. The summed E-state index contributed by atoms with van der Waals surface area (Å²) in [7, 11) is 0. The summed E-state index contributed by atoms with van der Waals surface area (Å²) in [5.41, 5.74) is 6.82. The van der Waals surface area contributed by atoms with Gasteiger partial charge in [-0.15, -0.1) is 11.3 Å². The lowest BCUT2D eigenvalue weighted by molar-refractivity contribution is 0.0908. The van der Waals surface area contributed by atoms with E-state index in [2.05, 4.69) is 4.90 Å². The second-order valence-electron chi connectivity index (χ2n) is 4.89. The lowest BCUT2D eigenvalue weighted by atomic mass is 10.1. The molecule has 1 fully saturated rings. The number of hydrogen-bond acceptors (Lipinski definition) is 4. The molecule has 2 rings (SSSR count). The molecule has 3 nitrogen and oxygen atoms in total. The summed E-state index contributed by atoms with van der Waals surface area (Å²) in [4.78, 5) is 16.7. The minimum atomic E-state index is 0.237. The SMILES string of the molecule is Cc1cc(C(=O)CN2CCCC(N)C2)c(C)s1. The van der Waals surface area contributed by atoms with E-state index in [1.807, 2.05) is 19.9 Å². The lowest BCUT2D eigenvalue weighted by Crippen LogP contribution is -2.44. The first-order chi connectivity index (χ1) is 8.06. The van der Waals surface area contributed by atoms with Crippen LogP contribution in [0.4, 0.5) is 0 Å². The molecule has 0 aromatic carbocycles. The van der Waals surface area contributed by atoms with Gasteiger partial charge in [0.1, 0.15) is 0 Å². The van der Waals surface area contributed by atoms with Gasteiger partial charge in [0, 0.05) is 27.9 Å². The Kier molecular flexibility index (Phi) is 3.97. The molecule has 0 saturated carbocycles. The maximum absolute atomic E-state index is 12.2. The van der Waals surface area contributed by atoms with Crippen LogP contribution in [0.15, 0.2) is 6.07 Å². The highest BCUT2D eigenvalue weighted by molar-refractivity contribution is 7.12. The molecule has 0 amide bonds. The molecular formula is C13H20N2OS. The average Bonchev–Trinajstić information content (AvgIpc) is 2.58. The Hall–Kier alpha value is -0.710. The first-order valence-corrected chi connectivity index (χ1v) is 6.96. The van der Waals surface area contributed by atoms with E-state index < -0.39 is 0 Å². The summed E-state index contributed by atoms with van der Waals surface area (Å²) in [6, 6.07) is 2.24. The number of nitrogens with two attached hydrogens (primary N) is 1. The fourth-order valence-corrected chi connectivity index (χ4v) is 3.37. The Morgan fingerprint density at radius 1 is 1.59 bits per heavy atom. The van der Waals surface area contributed by atoms with Gasteiger partial charge in [-0.1, -0.05) is 0 Å². The van der Waals surface area contributed by atoms with Gasteiger partial charge >= 0.3 is 0 Å². The number of Topliss-reactive ketones (excluding diaryl/α,β-unsaturated/α-hetero) is 1. The quantitative estimate of drug-likeness (QED) is 0.837. The van der Waals surface area contributed by atoms with Crippen LogP contribution in [0, 0.1) is 13.8 Å². The van der Waals surface area contributed by atoms with Gasteiger partial charge < -0.3 is 5.73 Å². The van der Waals surface area contributed by atoms with Crippen molar-refractivity contribution in [2.45, 2.75) is 32.7 Å². The highest BCUT2D eigenvalue weighted by Crippen LogP contribution is 2.21. The summed E-state index contributed by atoms with van der Waals surface area (Å²) < 4.78 is 0. The normalized spacial score (nSPS) is 21.7. The van der Waals surface area contributed by atoms with E-state index in [0.717, 1.165) is 36.4 Å². The van der Waals surface area contributed by atoms with Crippen LogP contribution in [0.3, 0.4) is 0 Å². The molecule has 1 aliphatic heterocycles. The predicted molar refractivity (Wildman–Crippen MR) is 71.8 cm³/mol. The molecule has 0 bridgehead atoms. The van der Waals surface area contributed by atoms with Crippen molar-refractivity contribution in [3.63, 3.8) is 0 Å². The number of piperidine rings is 1. The van der Waals surface area contributed by atoms with E-state index >= 15 is 0 Å². The molecule has 1 atom stereocenters. The van der Waals surface area contributed by atoms with Gasteiger partial charge in [0.25, 0.3) is 0 Å². The lowest BCUT2D eigenvalue weighted by Gasteiger charge is -2.29. The number of thiophene rings is 1. The van der Waals surface area contributed by atoms with Crippen molar-refractivity contribution in [3.8, 4) is 0 Å². The molecule has 17 heavy (non-hydrogen) atoms. The molecule has 0 radical (unpaired) electrons. The zero-order valence-corrected chi connectivity index (χ0v) is 11.3. The van der Waals surface area contributed by atoms with E-state index in [4.69, 9.17) is 5.73 Å². The predicted octanol–water partition coefficient (Wildman–Crippen LogP) is 1.97. The second-order valence-corrected chi connectivity index (χ2v) is 6.35. The highest BCUT2D eigenvalue weighted by atomic mass is 32.1. The Balaban J connectivity index is 1.99. The standard InChI is InChI=1S/C13H20N2OS/c1-9-6-12(10(2)17-9)13(16)8-15-5-3-4-11(14)7-15/h6,11H,3-5,7-8,14H2,1-2H3. The number of aryl methyl sites for hydroxylation is 2. The second kappa shape index (κ2) is 5.29. The molecule has 2 heterocycles. The smallest absolute Gasteiger partial charge is 0.177 e. The fourth-order valence-electron chi connectivity index (χ4n) is 2.43. The van der Waals surface area contributed by atoms with Crippen LogP contribution in [0.5, 0.6) is 0 Å². The first kappa shape index (κ1) is 12.7. The summed E-state index contributed by atoms with van der Waals surface area (Å²) in [5.74, 6) is 0.237. The van der Waals surface area contributed by atoms with E-state index in [1.54, 1.807) is 11.3 Å². The van der Waals surface area contributed by atoms with Crippen LogP contribution in [0.25, 0.3) is 0 Å². The van der Waals surface area contributed by atoms with E-state index in [1.165, 1.54) is 4.88 Å². The molecule has 0 aliphatic carbocycles. The van der Waals surface area contributed by atoms with Crippen molar-refractivity contribution in [2.24, 2.45) is 5.73 Å². The monoisotopic (exact) mass is 252 g/mol. The van der Waals surface area contributed by atoms with Crippen molar-refractivity contribution >= 4 is 17.1 Å². The fraction of sp³-hybridized carbons (Fsp3) is 0.615. The Labute approximate surface area is 107 Å². The zero-order chi connectivity index (χ0) is 12.4. The van der Waals surface area contributed by atoms with Gasteiger partial charge in [-0.2, -0.15) is 0 Å². The average molecular weight is 252 g/mol. The van der Waals surface area contributed by atoms with Crippen molar-refractivity contribution < 1.29 is 4.79 Å². The molecule has 1 aromatic heterocycles. The molecular weight excluding hydrogens is 232 g/mol. The van der Waals surface area contributed by atoms with Crippen LogP contribution in [0.1, 0.15) is 33.0 Å². The van der Waals surface area contributed by atoms with Crippen LogP contribution >= 0.6 is 11.3 Å². The van der Waals surface area contributed by atoms with Gasteiger partial charge in [-0.3, -0.25) is 9.69 Å². The third kappa shape index (κ3) is 3.15. The van der Waals surface area contributed by atoms with Crippen molar-refractivity contribution in [1.29, 1.82) is 0 Å². The maximum atomic E-state index is 12.2. The maximum Gasteiger partial charge on any atom is 0.177 e. The largest absolute Gasteiger partial charge is 0.327 e. The molecule has 1 aliphatic rings. The minimum Gasteiger partial charge on any atom is -0.327 e. The van der Waals surface area contributed by atoms with E-state index in [9.17, 15) is 4.79 Å². The summed E-state index contributed by atoms with van der Waals surface area (Å²) >= 11 is 1.70. The molecule has 0 spiro atoms. The number of carbonyl (C=O) groups excluding carboxylic acids is 1. The zero-order valence-electron chi connectivity index (χ0n) is 10.5. The summed E-state index contributed by atoms with van der Waals surface area (Å²) in [5, 5.41) is 0.